The van der Waals surface area contributed by atoms with Gasteiger partial charge in [0.05, 0.1) is 5.52 Å². The predicted molar refractivity (Wildman–Crippen MR) is 145 cm³/mol. The van der Waals surface area contributed by atoms with E-state index in [1.54, 1.807) is 12.1 Å². The molecular weight excluding hydrogens is 512 g/mol. The van der Waals surface area contributed by atoms with E-state index in [1.165, 1.54) is 12.1 Å². The predicted octanol–water partition coefficient (Wildman–Crippen LogP) is 6.58. The van der Waals surface area contributed by atoms with Gasteiger partial charge in [0.25, 0.3) is 0 Å². The molecule has 5 nitrogen and oxygen atoms in total. The molecule has 198 valence electrons. The SMILES string of the molecule is CN(C)c1cc(NC2CCC(C(N)Cc3ccccc3OC(F)(F)F)CC2)nc2ccccc12.Cl.Cl. The van der Waals surface area contributed by atoms with Gasteiger partial charge >= 0.3 is 6.36 Å². The number of anilines is 2. The van der Waals surface area contributed by atoms with Gasteiger partial charge in [0.15, 0.2) is 0 Å². The number of nitrogens with two attached hydrogens (primary N) is 1. The molecule has 0 spiro atoms. The molecule has 0 aliphatic heterocycles. The lowest BCUT2D eigenvalue weighted by atomic mass is 9.80. The molecule has 1 aliphatic carbocycles. The van der Waals surface area contributed by atoms with Gasteiger partial charge in [0.1, 0.15) is 11.6 Å². The zero-order valence-electron chi connectivity index (χ0n) is 20.3. The second-order valence-electron chi connectivity index (χ2n) is 9.22. The van der Waals surface area contributed by atoms with Crippen LogP contribution < -0.4 is 20.7 Å². The van der Waals surface area contributed by atoms with E-state index in [9.17, 15) is 13.2 Å². The first-order valence-corrected chi connectivity index (χ1v) is 11.6. The minimum absolute atomic E-state index is 0. The monoisotopic (exact) mass is 544 g/mol. The normalized spacial score (nSPS) is 18.5. The minimum atomic E-state index is -4.72. The van der Waals surface area contributed by atoms with E-state index in [-0.39, 0.29) is 48.6 Å². The van der Waals surface area contributed by atoms with Crippen molar-refractivity contribution >= 4 is 47.2 Å². The zero-order valence-corrected chi connectivity index (χ0v) is 21.9. The summed E-state index contributed by atoms with van der Waals surface area (Å²) < 4.78 is 42.4. The van der Waals surface area contributed by atoms with Gasteiger partial charge in [-0.15, -0.1) is 38.0 Å². The highest BCUT2D eigenvalue weighted by atomic mass is 35.5. The molecule has 1 fully saturated rings. The average molecular weight is 545 g/mol. The Hall–Kier alpha value is -2.42. The van der Waals surface area contributed by atoms with E-state index in [0.29, 0.717) is 12.0 Å². The van der Waals surface area contributed by atoms with E-state index in [4.69, 9.17) is 10.7 Å². The molecule has 1 atom stereocenters. The molecule has 3 aromatic rings. The first-order chi connectivity index (χ1) is 16.2. The van der Waals surface area contributed by atoms with Crippen molar-refractivity contribution in [2.24, 2.45) is 11.7 Å². The average Bonchev–Trinajstić information content (AvgIpc) is 2.79. The van der Waals surface area contributed by atoms with E-state index >= 15 is 0 Å². The molecule has 0 bridgehead atoms. The zero-order chi connectivity index (χ0) is 24.3. The Kier molecular flexibility index (Phi) is 10.5. The Morgan fingerprint density at radius 1 is 1.03 bits per heavy atom. The molecule has 0 radical (unpaired) electrons. The van der Waals surface area contributed by atoms with Crippen LogP contribution in [-0.2, 0) is 6.42 Å². The van der Waals surface area contributed by atoms with Crippen LogP contribution in [0.3, 0.4) is 0 Å². The van der Waals surface area contributed by atoms with Crippen LogP contribution in [0.2, 0.25) is 0 Å². The highest BCUT2D eigenvalue weighted by Gasteiger charge is 2.33. The molecular formula is C26H33Cl2F3N4O. The van der Waals surface area contributed by atoms with Crippen LogP contribution in [0.15, 0.2) is 54.6 Å². The number of aromatic nitrogens is 1. The summed E-state index contributed by atoms with van der Waals surface area (Å²) in [5, 5.41) is 4.70. The van der Waals surface area contributed by atoms with Crippen LogP contribution >= 0.6 is 24.8 Å². The summed E-state index contributed by atoms with van der Waals surface area (Å²) in [6.45, 7) is 0. The van der Waals surface area contributed by atoms with Crippen LogP contribution in [0.4, 0.5) is 24.7 Å². The molecule has 1 heterocycles. The number of pyridine rings is 1. The molecule has 1 unspecified atom stereocenters. The Balaban J connectivity index is 0.00000228. The number of para-hydroxylation sites is 2. The molecule has 3 N–H and O–H groups in total. The standard InChI is InChI=1S/C26H31F3N4O.2ClH/c1-33(2)23-16-25(32-22-9-5-4-8-20(22)23)31-19-13-11-17(12-14-19)21(30)15-18-7-3-6-10-24(18)34-26(27,28)29;;/h3-10,16-17,19,21H,11-15,30H2,1-2H3,(H,31,32);2*1H. The number of benzene rings is 2. The Morgan fingerprint density at radius 3 is 2.33 bits per heavy atom. The van der Waals surface area contributed by atoms with Gasteiger partial charge in [-0.3, -0.25) is 0 Å². The lowest BCUT2D eigenvalue weighted by molar-refractivity contribution is -0.274. The van der Waals surface area contributed by atoms with Crippen molar-refractivity contribution in [3.63, 3.8) is 0 Å². The van der Waals surface area contributed by atoms with E-state index < -0.39 is 6.36 Å². The Morgan fingerprint density at radius 2 is 1.67 bits per heavy atom. The summed E-state index contributed by atoms with van der Waals surface area (Å²) in [5.41, 5.74) is 9.01. The van der Waals surface area contributed by atoms with Crippen LogP contribution in [0.5, 0.6) is 5.75 Å². The Bertz CT molecular complexity index is 1120. The number of nitrogens with one attached hydrogen (secondary N) is 1. The van der Waals surface area contributed by atoms with Gasteiger partial charge in [-0.2, -0.15) is 0 Å². The number of hydrogen-bond acceptors (Lipinski definition) is 5. The fourth-order valence-electron chi connectivity index (χ4n) is 4.82. The molecule has 1 saturated carbocycles. The fraction of sp³-hybridized carbons (Fsp3) is 0.423. The number of halogens is 5. The van der Waals surface area contributed by atoms with E-state index in [0.717, 1.165) is 48.1 Å². The maximum atomic E-state index is 12.7. The van der Waals surface area contributed by atoms with Crippen molar-refractivity contribution < 1.29 is 17.9 Å². The minimum Gasteiger partial charge on any atom is -0.406 e. The summed E-state index contributed by atoms with van der Waals surface area (Å²) in [7, 11) is 4.05. The quantitative estimate of drug-likeness (QED) is 0.351. The molecule has 0 amide bonds. The summed E-state index contributed by atoms with van der Waals surface area (Å²) in [6, 6.07) is 16.5. The lowest BCUT2D eigenvalue weighted by Crippen LogP contribution is -2.37. The summed E-state index contributed by atoms with van der Waals surface area (Å²) in [4.78, 5) is 6.88. The molecule has 2 aromatic carbocycles. The summed E-state index contributed by atoms with van der Waals surface area (Å²) >= 11 is 0. The van der Waals surface area contributed by atoms with Crippen molar-refractivity contribution in [2.45, 2.75) is 50.6 Å². The van der Waals surface area contributed by atoms with E-state index in [1.807, 2.05) is 32.3 Å². The lowest BCUT2D eigenvalue weighted by Gasteiger charge is -2.33. The summed E-state index contributed by atoms with van der Waals surface area (Å²) in [5.74, 6) is 0.937. The maximum absolute atomic E-state index is 12.7. The van der Waals surface area contributed by atoms with E-state index in [2.05, 4.69) is 27.1 Å². The summed E-state index contributed by atoms with van der Waals surface area (Å²) in [6.07, 6.45) is -0.666. The number of nitrogens with zero attached hydrogens (tertiary/aromatic N) is 2. The molecule has 36 heavy (non-hydrogen) atoms. The second-order valence-corrected chi connectivity index (χ2v) is 9.22. The third-order valence-electron chi connectivity index (χ3n) is 6.56. The van der Waals surface area contributed by atoms with Gasteiger partial charge < -0.3 is 20.7 Å². The van der Waals surface area contributed by atoms with Crippen molar-refractivity contribution in [2.75, 3.05) is 24.3 Å². The third kappa shape index (κ3) is 7.54. The molecule has 10 heteroatoms. The second kappa shape index (κ2) is 12.7. The van der Waals surface area contributed by atoms with Crippen LogP contribution in [-0.4, -0.2) is 37.5 Å². The number of rotatable bonds is 7. The molecule has 4 rings (SSSR count). The number of alkyl halides is 3. The third-order valence-corrected chi connectivity index (χ3v) is 6.56. The van der Waals surface area contributed by atoms with Gasteiger partial charge in [-0.05, 0) is 55.7 Å². The first-order valence-electron chi connectivity index (χ1n) is 11.6. The van der Waals surface area contributed by atoms with Gasteiger partial charge in [0.2, 0.25) is 0 Å². The number of hydrogen-bond donors (Lipinski definition) is 2. The van der Waals surface area contributed by atoms with Crippen LogP contribution in [0.1, 0.15) is 31.2 Å². The highest BCUT2D eigenvalue weighted by molar-refractivity contribution is 5.93. The number of fused-ring (bicyclic) bond motifs is 1. The maximum Gasteiger partial charge on any atom is 0.573 e. The smallest absolute Gasteiger partial charge is 0.406 e. The topological polar surface area (TPSA) is 63.4 Å². The molecule has 1 aromatic heterocycles. The van der Waals surface area contributed by atoms with Crippen molar-refractivity contribution in [1.82, 2.24) is 4.98 Å². The van der Waals surface area contributed by atoms with Crippen LogP contribution in [0, 0.1) is 5.92 Å². The molecule has 1 aliphatic rings. The van der Waals surface area contributed by atoms with Crippen molar-refractivity contribution in [3.8, 4) is 5.75 Å². The fourth-order valence-corrected chi connectivity index (χ4v) is 4.82. The van der Waals surface area contributed by atoms with Gasteiger partial charge in [-0.1, -0.05) is 36.4 Å². The molecule has 0 saturated heterocycles. The van der Waals surface area contributed by atoms with Crippen molar-refractivity contribution in [1.29, 1.82) is 0 Å². The highest BCUT2D eigenvalue weighted by Crippen LogP contribution is 2.33. The van der Waals surface area contributed by atoms with Gasteiger partial charge in [-0.25, -0.2) is 4.98 Å². The number of ether oxygens (including phenoxy) is 1. The largest absolute Gasteiger partial charge is 0.573 e. The van der Waals surface area contributed by atoms with Crippen molar-refractivity contribution in [3.05, 3.63) is 60.2 Å². The van der Waals surface area contributed by atoms with Crippen LogP contribution in [0.25, 0.3) is 10.9 Å². The Labute approximate surface area is 222 Å². The first kappa shape index (κ1) is 29.8. The van der Waals surface area contributed by atoms with Gasteiger partial charge in [0, 0.05) is 43.3 Å².